The standard InChI is InChI=1S/C18H32O5/c1-3-13(5-4-12(2)19)9-20-15-10-21-18(22-11-15)14-6-7-16-17(8-14)23-16/h12-19H,3-11H2,1-2H3. The van der Waals surface area contributed by atoms with Gasteiger partial charge in [0.15, 0.2) is 6.29 Å². The highest BCUT2D eigenvalue weighted by atomic mass is 16.7. The van der Waals surface area contributed by atoms with E-state index in [9.17, 15) is 5.11 Å². The van der Waals surface area contributed by atoms with Crippen LogP contribution in [0.4, 0.5) is 0 Å². The van der Waals surface area contributed by atoms with Gasteiger partial charge in [0.25, 0.3) is 0 Å². The molecule has 2 heterocycles. The van der Waals surface area contributed by atoms with Gasteiger partial charge in [0.2, 0.25) is 0 Å². The molecule has 0 aromatic carbocycles. The molecule has 1 saturated carbocycles. The van der Waals surface area contributed by atoms with Crippen LogP contribution in [0.25, 0.3) is 0 Å². The number of fused-ring (bicyclic) bond motifs is 1. The Hall–Kier alpha value is -0.200. The Bertz CT molecular complexity index is 353. The minimum Gasteiger partial charge on any atom is -0.393 e. The molecule has 0 aromatic heterocycles. The molecule has 0 aromatic rings. The van der Waals surface area contributed by atoms with Crippen LogP contribution in [0.3, 0.4) is 0 Å². The second-order valence-corrected chi connectivity index (χ2v) is 7.48. The van der Waals surface area contributed by atoms with E-state index in [1.54, 1.807) is 0 Å². The highest BCUT2D eigenvalue weighted by molar-refractivity contribution is 4.93. The van der Waals surface area contributed by atoms with E-state index in [1.165, 1.54) is 0 Å². The zero-order chi connectivity index (χ0) is 16.2. The summed E-state index contributed by atoms with van der Waals surface area (Å²) in [5, 5.41) is 9.40. The molecule has 0 amide bonds. The van der Waals surface area contributed by atoms with E-state index >= 15 is 0 Å². The molecular weight excluding hydrogens is 296 g/mol. The molecule has 2 aliphatic heterocycles. The Labute approximate surface area is 139 Å². The molecule has 5 heteroatoms. The van der Waals surface area contributed by atoms with Gasteiger partial charge < -0.3 is 24.1 Å². The summed E-state index contributed by atoms with van der Waals surface area (Å²) in [6.07, 6.45) is 7.05. The summed E-state index contributed by atoms with van der Waals surface area (Å²) in [6.45, 7) is 6.01. The van der Waals surface area contributed by atoms with Gasteiger partial charge in [0.05, 0.1) is 31.5 Å². The maximum atomic E-state index is 9.40. The lowest BCUT2D eigenvalue weighted by Crippen LogP contribution is -2.42. The van der Waals surface area contributed by atoms with Gasteiger partial charge in [-0.2, -0.15) is 0 Å². The number of rotatable bonds is 8. The molecule has 0 radical (unpaired) electrons. The molecule has 1 aliphatic carbocycles. The van der Waals surface area contributed by atoms with Gasteiger partial charge in [-0.05, 0) is 44.9 Å². The Morgan fingerprint density at radius 1 is 1.13 bits per heavy atom. The SMILES string of the molecule is CCC(CCC(C)O)COC1COC(C2CCC3OC3C2)OC1. The molecule has 2 saturated heterocycles. The summed E-state index contributed by atoms with van der Waals surface area (Å²) in [4.78, 5) is 0. The van der Waals surface area contributed by atoms with Crippen molar-refractivity contribution < 1.29 is 24.1 Å². The summed E-state index contributed by atoms with van der Waals surface area (Å²) in [7, 11) is 0. The number of ether oxygens (including phenoxy) is 4. The smallest absolute Gasteiger partial charge is 0.160 e. The maximum Gasteiger partial charge on any atom is 0.160 e. The first kappa shape index (κ1) is 17.6. The molecule has 5 atom stereocenters. The van der Waals surface area contributed by atoms with Gasteiger partial charge in [-0.1, -0.05) is 13.3 Å². The van der Waals surface area contributed by atoms with Crippen molar-refractivity contribution in [3.63, 3.8) is 0 Å². The number of epoxide rings is 1. The number of aliphatic hydroxyl groups excluding tert-OH is 1. The third kappa shape index (κ3) is 5.13. The van der Waals surface area contributed by atoms with Gasteiger partial charge >= 0.3 is 0 Å². The van der Waals surface area contributed by atoms with Gasteiger partial charge in [-0.25, -0.2) is 0 Å². The van der Waals surface area contributed by atoms with Crippen LogP contribution in [-0.2, 0) is 18.9 Å². The highest BCUT2D eigenvalue weighted by Crippen LogP contribution is 2.41. The highest BCUT2D eigenvalue weighted by Gasteiger charge is 2.46. The normalized spacial score (nSPS) is 39.5. The van der Waals surface area contributed by atoms with Gasteiger partial charge in [0.1, 0.15) is 6.10 Å². The van der Waals surface area contributed by atoms with Crippen LogP contribution >= 0.6 is 0 Å². The van der Waals surface area contributed by atoms with Crippen molar-refractivity contribution in [1.29, 1.82) is 0 Å². The third-order valence-electron chi connectivity index (χ3n) is 5.46. The van der Waals surface area contributed by atoms with Crippen LogP contribution in [0.5, 0.6) is 0 Å². The van der Waals surface area contributed by atoms with Crippen molar-refractivity contribution in [3.05, 3.63) is 0 Å². The molecule has 1 N–H and O–H groups in total. The monoisotopic (exact) mass is 328 g/mol. The first-order valence-electron chi connectivity index (χ1n) is 9.34. The zero-order valence-corrected chi connectivity index (χ0v) is 14.5. The first-order chi connectivity index (χ1) is 11.2. The Morgan fingerprint density at radius 2 is 1.91 bits per heavy atom. The quantitative estimate of drug-likeness (QED) is 0.694. The summed E-state index contributed by atoms with van der Waals surface area (Å²) in [5.74, 6) is 0.985. The maximum absolute atomic E-state index is 9.40. The fraction of sp³-hybridized carbons (Fsp3) is 1.00. The molecule has 3 fully saturated rings. The van der Waals surface area contributed by atoms with E-state index in [-0.39, 0.29) is 18.5 Å². The molecule has 23 heavy (non-hydrogen) atoms. The van der Waals surface area contributed by atoms with E-state index in [0.29, 0.717) is 37.3 Å². The third-order valence-corrected chi connectivity index (χ3v) is 5.46. The summed E-state index contributed by atoms with van der Waals surface area (Å²) in [5.41, 5.74) is 0. The number of hydrogen-bond donors (Lipinski definition) is 1. The van der Waals surface area contributed by atoms with Crippen molar-refractivity contribution >= 4 is 0 Å². The fourth-order valence-corrected chi connectivity index (χ4v) is 3.71. The predicted molar refractivity (Wildman–Crippen MR) is 86.1 cm³/mol. The van der Waals surface area contributed by atoms with Gasteiger partial charge in [0, 0.05) is 12.5 Å². The van der Waals surface area contributed by atoms with Crippen molar-refractivity contribution in [2.45, 2.75) is 83.1 Å². The number of aliphatic hydroxyl groups is 1. The van der Waals surface area contributed by atoms with E-state index < -0.39 is 0 Å². The average molecular weight is 328 g/mol. The largest absolute Gasteiger partial charge is 0.393 e. The van der Waals surface area contributed by atoms with Crippen LogP contribution in [0.2, 0.25) is 0 Å². The topological polar surface area (TPSA) is 60.5 Å². The summed E-state index contributed by atoms with van der Waals surface area (Å²) in [6, 6.07) is 0. The average Bonchev–Trinajstić information content (AvgIpc) is 3.34. The predicted octanol–water partition coefficient (Wildman–Crippen LogP) is 2.50. The lowest BCUT2D eigenvalue weighted by molar-refractivity contribution is -0.249. The molecule has 134 valence electrons. The molecule has 0 bridgehead atoms. The van der Waals surface area contributed by atoms with Crippen LogP contribution in [0.1, 0.15) is 52.4 Å². The van der Waals surface area contributed by atoms with Crippen molar-refractivity contribution in [1.82, 2.24) is 0 Å². The van der Waals surface area contributed by atoms with Crippen LogP contribution < -0.4 is 0 Å². The molecular formula is C18H32O5. The van der Waals surface area contributed by atoms with Crippen LogP contribution in [0, 0.1) is 11.8 Å². The van der Waals surface area contributed by atoms with Gasteiger partial charge in [-0.3, -0.25) is 0 Å². The van der Waals surface area contributed by atoms with Crippen molar-refractivity contribution in [2.75, 3.05) is 19.8 Å². The molecule has 5 nitrogen and oxygen atoms in total. The molecule has 3 aliphatic rings. The Balaban J connectivity index is 1.32. The van der Waals surface area contributed by atoms with Crippen molar-refractivity contribution in [3.8, 4) is 0 Å². The van der Waals surface area contributed by atoms with Gasteiger partial charge in [-0.15, -0.1) is 0 Å². The van der Waals surface area contributed by atoms with Crippen LogP contribution in [-0.4, -0.2) is 55.6 Å². The number of hydrogen-bond acceptors (Lipinski definition) is 5. The summed E-state index contributed by atoms with van der Waals surface area (Å²) < 4.78 is 23.4. The van der Waals surface area contributed by atoms with E-state index in [0.717, 1.165) is 45.1 Å². The zero-order valence-electron chi connectivity index (χ0n) is 14.5. The summed E-state index contributed by atoms with van der Waals surface area (Å²) >= 11 is 0. The van der Waals surface area contributed by atoms with E-state index in [2.05, 4.69) is 6.92 Å². The second kappa shape index (κ2) is 8.26. The first-order valence-corrected chi connectivity index (χ1v) is 9.34. The lowest BCUT2D eigenvalue weighted by Gasteiger charge is -2.35. The minimum absolute atomic E-state index is 0.0420. The minimum atomic E-state index is -0.225. The molecule has 3 rings (SSSR count). The van der Waals surface area contributed by atoms with Crippen LogP contribution in [0.15, 0.2) is 0 Å². The molecule has 5 unspecified atom stereocenters. The Morgan fingerprint density at radius 3 is 2.57 bits per heavy atom. The molecule has 0 spiro atoms. The Kier molecular flexibility index (Phi) is 6.32. The van der Waals surface area contributed by atoms with Crippen molar-refractivity contribution in [2.24, 2.45) is 11.8 Å². The second-order valence-electron chi connectivity index (χ2n) is 7.48. The lowest BCUT2D eigenvalue weighted by atomic mass is 9.88. The van der Waals surface area contributed by atoms with E-state index in [1.807, 2.05) is 6.92 Å². The fourth-order valence-electron chi connectivity index (χ4n) is 3.71. The van der Waals surface area contributed by atoms with E-state index in [4.69, 9.17) is 18.9 Å².